The molecule has 0 aliphatic carbocycles. The summed E-state index contributed by atoms with van der Waals surface area (Å²) in [5.74, 6) is 1.75. The molecule has 0 bridgehead atoms. The summed E-state index contributed by atoms with van der Waals surface area (Å²) in [7, 11) is 1.68. The molecule has 1 aromatic heterocycles. The van der Waals surface area contributed by atoms with Crippen LogP contribution in [-0.2, 0) is 9.53 Å². The van der Waals surface area contributed by atoms with Gasteiger partial charge in [-0.15, -0.1) is 0 Å². The molecule has 0 unspecified atom stereocenters. The average Bonchev–Trinajstić information content (AvgIpc) is 2.58. The van der Waals surface area contributed by atoms with Crippen molar-refractivity contribution in [1.82, 2.24) is 14.9 Å². The highest BCUT2D eigenvalue weighted by Gasteiger charge is 2.29. The van der Waals surface area contributed by atoms with E-state index >= 15 is 0 Å². The van der Waals surface area contributed by atoms with Crippen molar-refractivity contribution < 1.29 is 9.53 Å². The van der Waals surface area contributed by atoms with Gasteiger partial charge in [-0.05, 0) is 18.8 Å². The molecule has 128 valence electrons. The molecule has 1 aromatic rings. The second kappa shape index (κ2) is 8.82. The fraction of sp³-hybridized carbons (Fsp3) is 0.706. The summed E-state index contributed by atoms with van der Waals surface area (Å²) in [6, 6.07) is 0. The van der Waals surface area contributed by atoms with Gasteiger partial charge in [0.25, 0.3) is 0 Å². The highest BCUT2D eigenvalue weighted by atomic mass is 16.5. The van der Waals surface area contributed by atoms with E-state index in [1.807, 2.05) is 4.90 Å². The van der Waals surface area contributed by atoms with E-state index in [9.17, 15) is 4.79 Å². The molecule has 1 fully saturated rings. The van der Waals surface area contributed by atoms with Crippen LogP contribution in [0, 0.1) is 11.8 Å². The zero-order valence-electron chi connectivity index (χ0n) is 14.4. The van der Waals surface area contributed by atoms with Gasteiger partial charge < -0.3 is 14.5 Å². The Morgan fingerprint density at radius 1 is 1.39 bits per heavy atom. The third-order valence-electron chi connectivity index (χ3n) is 4.18. The number of carbonyl (C=O) groups is 1. The fourth-order valence-corrected chi connectivity index (χ4v) is 3.00. The molecule has 0 atom stereocenters. The minimum atomic E-state index is 0.110. The van der Waals surface area contributed by atoms with Gasteiger partial charge in [0, 0.05) is 51.6 Å². The number of ether oxygens (including phenoxy) is 1. The lowest BCUT2D eigenvalue weighted by Gasteiger charge is -2.35. The first-order chi connectivity index (χ1) is 11.1. The number of hydrogen-bond acceptors (Lipinski definition) is 5. The predicted octanol–water partition coefficient (Wildman–Crippen LogP) is 1.82. The van der Waals surface area contributed by atoms with Gasteiger partial charge in [0.15, 0.2) is 0 Å². The number of nitrogens with zero attached hydrogens (tertiary/aromatic N) is 4. The summed E-state index contributed by atoms with van der Waals surface area (Å²) in [6.07, 6.45) is 6.92. The van der Waals surface area contributed by atoms with E-state index < -0.39 is 0 Å². The number of piperidine rings is 1. The Bertz CT molecular complexity index is 473. The summed E-state index contributed by atoms with van der Waals surface area (Å²) in [4.78, 5) is 25.4. The zero-order valence-corrected chi connectivity index (χ0v) is 14.4. The molecule has 1 aliphatic heterocycles. The number of carbonyl (C=O) groups excluding carboxylic acids is 1. The maximum absolute atomic E-state index is 12.8. The van der Waals surface area contributed by atoms with Crippen molar-refractivity contribution in [2.45, 2.75) is 26.7 Å². The normalized spacial score (nSPS) is 15.9. The number of methoxy groups -OCH3 is 1. The summed E-state index contributed by atoms with van der Waals surface area (Å²) in [5, 5.41) is 0. The van der Waals surface area contributed by atoms with Crippen LogP contribution in [0.3, 0.4) is 0 Å². The van der Waals surface area contributed by atoms with Crippen LogP contribution in [0.15, 0.2) is 18.6 Å². The van der Waals surface area contributed by atoms with Crippen molar-refractivity contribution in [3.05, 3.63) is 18.6 Å². The molecule has 6 heteroatoms. The number of amides is 1. The van der Waals surface area contributed by atoms with Gasteiger partial charge in [-0.3, -0.25) is 9.78 Å². The van der Waals surface area contributed by atoms with Gasteiger partial charge in [-0.25, -0.2) is 4.98 Å². The van der Waals surface area contributed by atoms with E-state index in [4.69, 9.17) is 4.74 Å². The third kappa shape index (κ3) is 5.16. The fourth-order valence-electron chi connectivity index (χ4n) is 3.00. The van der Waals surface area contributed by atoms with Crippen molar-refractivity contribution in [1.29, 1.82) is 0 Å². The van der Waals surface area contributed by atoms with E-state index in [0.29, 0.717) is 19.1 Å². The first-order valence-corrected chi connectivity index (χ1v) is 8.40. The first-order valence-electron chi connectivity index (χ1n) is 8.40. The zero-order chi connectivity index (χ0) is 16.7. The van der Waals surface area contributed by atoms with Crippen LogP contribution in [-0.4, -0.2) is 60.7 Å². The Balaban J connectivity index is 1.90. The van der Waals surface area contributed by atoms with Crippen LogP contribution in [0.4, 0.5) is 5.82 Å². The molecule has 0 saturated carbocycles. The second-order valence-corrected chi connectivity index (χ2v) is 6.50. The Kier molecular flexibility index (Phi) is 6.77. The molecular formula is C17H28N4O2. The van der Waals surface area contributed by atoms with Crippen molar-refractivity contribution in [3.8, 4) is 0 Å². The molecule has 2 heterocycles. The molecule has 23 heavy (non-hydrogen) atoms. The largest absolute Gasteiger partial charge is 0.383 e. The van der Waals surface area contributed by atoms with E-state index in [2.05, 4.69) is 28.7 Å². The van der Waals surface area contributed by atoms with E-state index in [-0.39, 0.29) is 11.8 Å². The SMILES string of the molecule is COCCN(CC(C)C)C(=O)C1CCN(c2cnccn2)CC1. The lowest BCUT2D eigenvalue weighted by atomic mass is 9.95. The lowest BCUT2D eigenvalue weighted by molar-refractivity contribution is -0.137. The van der Waals surface area contributed by atoms with Crippen LogP contribution in [0.2, 0.25) is 0 Å². The van der Waals surface area contributed by atoms with Crippen molar-refractivity contribution in [3.63, 3.8) is 0 Å². The minimum Gasteiger partial charge on any atom is -0.383 e. The van der Waals surface area contributed by atoms with Crippen LogP contribution >= 0.6 is 0 Å². The Morgan fingerprint density at radius 2 is 2.13 bits per heavy atom. The highest BCUT2D eigenvalue weighted by molar-refractivity contribution is 5.79. The topological polar surface area (TPSA) is 58.6 Å². The van der Waals surface area contributed by atoms with Crippen LogP contribution in [0.25, 0.3) is 0 Å². The number of rotatable bonds is 7. The summed E-state index contributed by atoms with van der Waals surface area (Å²) in [5.41, 5.74) is 0. The van der Waals surface area contributed by atoms with Crippen LogP contribution < -0.4 is 4.90 Å². The van der Waals surface area contributed by atoms with Crippen molar-refractivity contribution in [2.75, 3.05) is 44.8 Å². The van der Waals surface area contributed by atoms with Gasteiger partial charge in [0.05, 0.1) is 12.8 Å². The van der Waals surface area contributed by atoms with Crippen LogP contribution in [0.5, 0.6) is 0 Å². The van der Waals surface area contributed by atoms with Gasteiger partial charge in [0.2, 0.25) is 5.91 Å². The minimum absolute atomic E-state index is 0.110. The van der Waals surface area contributed by atoms with E-state index in [1.165, 1.54) is 0 Å². The Morgan fingerprint density at radius 3 is 2.70 bits per heavy atom. The summed E-state index contributed by atoms with van der Waals surface area (Å²) < 4.78 is 5.15. The maximum Gasteiger partial charge on any atom is 0.225 e. The summed E-state index contributed by atoms with van der Waals surface area (Å²) in [6.45, 7) is 8.07. The molecule has 0 spiro atoms. The highest BCUT2D eigenvalue weighted by Crippen LogP contribution is 2.23. The molecule has 0 radical (unpaired) electrons. The van der Waals surface area contributed by atoms with Gasteiger partial charge in [-0.1, -0.05) is 13.8 Å². The standard InChI is InChI=1S/C17H28N4O2/c1-14(2)13-21(10-11-23-3)17(22)15-4-8-20(9-5-15)16-12-18-6-7-19-16/h6-7,12,14-15H,4-5,8-11,13H2,1-3H3. The third-order valence-corrected chi connectivity index (χ3v) is 4.18. The Hall–Kier alpha value is -1.69. The number of hydrogen-bond donors (Lipinski definition) is 0. The van der Waals surface area contributed by atoms with E-state index in [1.54, 1.807) is 25.7 Å². The average molecular weight is 320 g/mol. The first kappa shape index (κ1) is 17.7. The molecule has 0 N–H and O–H groups in total. The van der Waals surface area contributed by atoms with E-state index in [0.717, 1.165) is 38.3 Å². The van der Waals surface area contributed by atoms with Crippen LogP contribution in [0.1, 0.15) is 26.7 Å². The molecule has 0 aromatic carbocycles. The molecule has 1 saturated heterocycles. The molecule has 2 rings (SSSR count). The number of aromatic nitrogens is 2. The lowest BCUT2D eigenvalue weighted by Crippen LogP contribution is -2.45. The van der Waals surface area contributed by atoms with Gasteiger partial charge >= 0.3 is 0 Å². The van der Waals surface area contributed by atoms with Crippen molar-refractivity contribution >= 4 is 11.7 Å². The second-order valence-electron chi connectivity index (χ2n) is 6.50. The molecule has 6 nitrogen and oxygen atoms in total. The summed E-state index contributed by atoms with van der Waals surface area (Å²) >= 11 is 0. The molecule has 1 aliphatic rings. The number of anilines is 1. The molecule has 1 amide bonds. The van der Waals surface area contributed by atoms with Gasteiger partial charge in [-0.2, -0.15) is 0 Å². The van der Waals surface area contributed by atoms with Gasteiger partial charge in [0.1, 0.15) is 5.82 Å². The quantitative estimate of drug-likeness (QED) is 0.767. The monoisotopic (exact) mass is 320 g/mol. The molecular weight excluding hydrogens is 292 g/mol. The Labute approximate surface area is 138 Å². The van der Waals surface area contributed by atoms with Crippen molar-refractivity contribution in [2.24, 2.45) is 11.8 Å². The smallest absolute Gasteiger partial charge is 0.225 e. The maximum atomic E-state index is 12.8. The predicted molar refractivity (Wildman–Crippen MR) is 90.3 cm³/mol.